The van der Waals surface area contributed by atoms with Gasteiger partial charge in [0.1, 0.15) is 4.32 Å². The fourth-order valence-corrected chi connectivity index (χ4v) is 2.77. The molecule has 0 aliphatic carbocycles. The molecule has 0 aromatic heterocycles. The lowest BCUT2D eigenvalue weighted by Crippen LogP contribution is -2.17. The van der Waals surface area contributed by atoms with E-state index in [1.807, 2.05) is 0 Å². The predicted octanol–water partition coefficient (Wildman–Crippen LogP) is 1.71. The average molecular weight is 296 g/mol. The Hall–Kier alpha value is -1.77. The summed E-state index contributed by atoms with van der Waals surface area (Å²) >= 11 is 6.08. The minimum Gasteiger partial charge on any atom is -0.454 e. The Kier molecular flexibility index (Phi) is 3.05. The van der Waals surface area contributed by atoms with Gasteiger partial charge in [-0.15, -0.1) is 0 Å². The molecule has 2 heterocycles. The van der Waals surface area contributed by atoms with Crippen LogP contribution in [0.2, 0.25) is 0 Å². The molecule has 1 aromatic rings. The van der Waals surface area contributed by atoms with Crippen LogP contribution in [0.4, 0.5) is 5.69 Å². The number of rotatable bonds is 2. The number of thioether (sulfide) groups is 1. The van der Waals surface area contributed by atoms with Gasteiger partial charge in [-0.2, -0.15) is 0 Å². The minimum absolute atomic E-state index is 0.138. The van der Waals surface area contributed by atoms with Crippen molar-refractivity contribution in [2.45, 2.75) is 0 Å². The highest BCUT2D eigenvalue weighted by atomic mass is 32.2. The molecule has 98 valence electrons. The standard InChI is InChI=1S/C11H8N2O4S2/c14-10-9(19-11(18)12-10)2-5-1-7-8(17-4-16-7)3-6(5)13-15/h1-3,13,15H,4H2,(H,12,14,18)/b9-2-. The van der Waals surface area contributed by atoms with Gasteiger partial charge in [-0.3, -0.25) is 15.5 Å². The summed E-state index contributed by atoms with van der Waals surface area (Å²) in [5.74, 6) is 0.853. The summed E-state index contributed by atoms with van der Waals surface area (Å²) in [4.78, 5) is 12.1. The summed E-state index contributed by atoms with van der Waals surface area (Å²) in [6, 6.07) is 3.29. The number of carbonyl (C=O) groups is 1. The van der Waals surface area contributed by atoms with Crippen LogP contribution in [0, 0.1) is 0 Å². The average Bonchev–Trinajstić information content (AvgIpc) is 2.95. The number of thiocarbonyl (C=S) groups is 1. The topological polar surface area (TPSA) is 79.8 Å². The summed E-state index contributed by atoms with van der Waals surface area (Å²) in [5, 5.41) is 11.7. The number of carbonyl (C=O) groups excluding carboxylic acids is 1. The Balaban J connectivity index is 2.03. The zero-order valence-electron chi connectivity index (χ0n) is 9.43. The van der Waals surface area contributed by atoms with Gasteiger partial charge in [0.2, 0.25) is 6.79 Å². The van der Waals surface area contributed by atoms with Crippen LogP contribution in [0.1, 0.15) is 5.56 Å². The summed E-state index contributed by atoms with van der Waals surface area (Å²) in [7, 11) is 0. The highest BCUT2D eigenvalue weighted by Crippen LogP contribution is 2.38. The number of fused-ring (bicyclic) bond motifs is 1. The van der Waals surface area contributed by atoms with Crippen molar-refractivity contribution in [1.82, 2.24) is 5.32 Å². The van der Waals surface area contributed by atoms with Crippen LogP contribution in [-0.4, -0.2) is 22.2 Å². The van der Waals surface area contributed by atoms with Crippen molar-refractivity contribution >= 4 is 46.0 Å². The second-order valence-electron chi connectivity index (χ2n) is 3.76. The maximum atomic E-state index is 11.6. The number of hydrogen-bond acceptors (Lipinski definition) is 7. The third-order valence-electron chi connectivity index (χ3n) is 2.59. The molecule has 0 spiro atoms. The lowest BCUT2D eigenvalue weighted by atomic mass is 10.1. The van der Waals surface area contributed by atoms with Crippen molar-refractivity contribution in [3.8, 4) is 11.5 Å². The van der Waals surface area contributed by atoms with Crippen molar-refractivity contribution in [3.63, 3.8) is 0 Å². The monoisotopic (exact) mass is 296 g/mol. The Bertz CT molecular complexity index is 615. The molecule has 2 aliphatic heterocycles. The fourth-order valence-electron chi connectivity index (χ4n) is 1.74. The highest BCUT2D eigenvalue weighted by Gasteiger charge is 2.23. The number of benzene rings is 1. The maximum Gasteiger partial charge on any atom is 0.263 e. The van der Waals surface area contributed by atoms with Crippen molar-refractivity contribution in [2.24, 2.45) is 0 Å². The van der Waals surface area contributed by atoms with E-state index in [9.17, 15) is 4.79 Å². The normalized spacial score (nSPS) is 18.9. The predicted molar refractivity (Wildman–Crippen MR) is 74.3 cm³/mol. The smallest absolute Gasteiger partial charge is 0.263 e. The molecule has 19 heavy (non-hydrogen) atoms. The van der Waals surface area contributed by atoms with Crippen molar-refractivity contribution in [3.05, 3.63) is 22.6 Å². The molecular weight excluding hydrogens is 288 g/mol. The van der Waals surface area contributed by atoms with Gasteiger partial charge in [0.25, 0.3) is 5.91 Å². The molecule has 1 aromatic carbocycles. The van der Waals surface area contributed by atoms with Gasteiger partial charge in [0.05, 0.1) is 10.6 Å². The summed E-state index contributed by atoms with van der Waals surface area (Å²) < 4.78 is 10.9. The van der Waals surface area contributed by atoms with Gasteiger partial charge in [-0.1, -0.05) is 24.0 Å². The first-order valence-corrected chi connectivity index (χ1v) is 6.48. The second-order valence-corrected chi connectivity index (χ2v) is 5.48. The molecule has 2 aliphatic rings. The quantitative estimate of drug-likeness (QED) is 0.435. The van der Waals surface area contributed by atoms with Crippen LogP contribution >= 0.6 is 24.0 Å². The van der Waals surface area contributed by atoms with E-state index in [2.05, 4.69) is 10.8 Å². The Morgan fingerprint density at radius 2 is 2.16 bits per heavy atom. The Labute approximate surface area is 117 Å². The second kappa shape index (κ2) is 4.72. The van der Waals surface area contributed by atoms with Gasteiger partial charge in [0.15, 0.2) is 11.5 Å². The maximum absolute atomic E-state index is 11.6. The van der Waals surface area contributed by atoms with E-state index in [0.29, 0.717) is 32.0 Å². The summed E-state index contributed by atoms with van der Waals surface area (Å²) in [6.07, 6.45) is 1.62. The van der Waals surface area contributed by atoms with E-state index in [4.69, 9.17) is 26.9 Å². The van der Waals surface area contributed by atoms with Gasteiger partial charge in [0, 0.05) is 11.6 Å². The van der Waals surface area contributed by atoms with Crippen molar-refractivity contribution < 1.29 is 19.5 Å². The van der Waals surface area contributed by atoms with Crippen LogP contribution in [0.15, 0.2) is 17.0 Å². The number of hydrogen-bond donors (Lipinski definition) is 3. The molecule has 3 N–H and O–H groups in total. The molecule has 6 nitrogen and oxygen atoms in total. The van der Waals surface area contributed by atoms with Crippen molar-refractivity contribution in [1.29, 1.82) is 0 Å². The van der Waals surface area contributed by atoms with E-state index in [0.717, 1.165) is 0 Å². The molecule has 1 amide bonds. The van der Waals surface area contributed by atoms with Crippen LogP contribution in [0.3, 0.4) is 0 Å². The minimum atomic E-state index is -0.253. The number of anilines is 1. The van der Waals surface area contributed by atoms with Gasteiger partial charge < -0.3 is 14.8 Å². The van der Waals surface area contributed by atoms with E-state index in [-0.39, 0.29) is 12.7 Å². The Morgan fingerprint density at radius 1 is 1.42 bits per heavy atom. The molecule has 1 fully saturated rings. The zero-order valence-corrected chi connectivity index (χ0v) is 11.1. The molecule has 0 bridgehead atoms. The van der Waals surface area contributed by atoms with Crippen LogP contribution in [-0.2, 0) is 4.79 Å². The lowest BCUT2D eigenvalue weighted by molar-refractivity contribution is -0.115. The van der Waals surface area contributed by atoms with Gasteiger partial charge >= 0.3 is 0 Å². The molecule has 0 atom stereocenters. The van der Waals surface area contributed by atoms with E-state index < -0.39 is 0 Å². The molecule has 0 saturated carbocycles. The van der Waals surface area contributed by atoms with Gasteiger partial charge in [-0.05, 0) is 12.1 Å². The highest BCUT2D eigenvalue weighted by molar-refractivity contribution is 8.26. The first-order valence-electron chi connectivity index (χ1n) is 5.26. The third kappa shape index (κ3) is 2.25. The molecule has 0 unspecified atom stereocenters. The van der Waals surface area contributed by atoms with Gasteiger partial charge in [-0.25, -0.2) is 0 Å². The van der Waals surface area contributed by atoms with E-state index in [1.54, 1.807) is 18.2 Å². The first kappa shape index (κ1) is 12.3. The van der Waals surface area contributed by atoms with Crippen LogP contribution in [0.5, 0.6) is 11.5 Å². The molecule has 8 heteroatoms. The van der Waals surface area contributed by atoms with E-state index >= 15 is 0 Å². The molecule has 3 rings (SSSR count). The molecule has 1 saturated heterocycles. The summed E-state index contributed by atoms with van der Waals surface area (Å²) in [6.45, 7) is 0.138. The SMILES string of the molecule is O=C1NC(=S)S/C1=C\c1cc2c(cc1NO)OCO2. The first-order chi connectivity index (χ1) is 9.17. The zero-order chi connectivity index (χ0) is 13.4. The van der Waals surface area contributed by atoms with Crippen LogP contribution < -0.4 is 20.3 Å². The number of amides is 1. The summed E-state index contributed by atoms with van der Waals surface area (Å²) in [5.41, 5.74) is 3.10. The molecule has 0 radical (unpaired) electrons. The number of nitrogens with one attached hydrogen (secondary N) is 2. The third-order valence-corrected chi connectivity index (χ3v) is 3.76. The van der Waals surface area contributed by atoms with Crippen LogP contribution in [0.25, 0.3) is 6.08 Å². The Morgan fingerprint density at radius 3 is 2.79 bits per heavy atom. The fraction of sp³-hybridized carbons (Fsp3) is 0.0909. The number of ether oxygens (including phenoxy) is 2. The van der Waals surface area contributed by atoms with Crippen molar-refractivity contribution in [2.75, 3.05) is 12.3 Å². The van der Waals surface area contributed by atoms with E-state index in [1.165, 1.54) is 11.8 Å². The molecular formula is C11H8N2O4S2. The largest absolute Gasteiger partial charge is 0.454 e. The lowest BCUT2D eigenvalue weighted by Gasteiger charge is -2.06.